The minimum absolute atomic E-state index is 0.0979. The molecule has 21 heavy (non-hydrogen) atoms. The minimum Gasteiger partial charge on any atom is -0.369 e. The average Bonchev–Trinajstić information content (AvgIpc) is 2.85. The van der Waals surface area contributed by atoms with E-state index < -0.39 is 0 Å². The molecule has 0 radical (unpaired) electrons. The highest BCUT2D eigenvalue weighted by Crippen LogP contribution is 2.31. The second-order valence-corrected chi connectivity index (χ2v) is 5.35. The van der Waals surface area contributed by atoms with Crippen LogP contribution in [0.3, 0.4) is 0 Å². The monoisotopic (exact) mass is 281 g/mol. The number of nitrogen functional groups attached to an aromatic ring is 1. The van der Waals surface area contributed by atoms with Crippen molar-refractivity contribution in [1.82, 2.24) is 19.9 Å². The van der Waals surface area contributed by atoms with Crippen molar-refractivity contribution in [3.05, 3.63) is 30.5 Å². The van der Waals surface area contributed by atoms with Gasteiger partial charge in [0.2, 0.25) is 11.9 Å². The number of imidazole rings is 1. The Morgan fingerprint density at radius 3 is 2.95 bits per heavy atom. The fraction of sp³-hybridized carbons (Fsp3) is 0.267. The lowest BCUT2D eigenvalue weighted by molar-refractivity contribution is -0.122. The van der Waals surface area contributed by atoms with E-state index in [9.17, 15) is 4.79 Å². The van der Waals surface area contributed by atoms with Gasteiger partial charge in [0, 0.05) is 18.4 Å². The zero-order chi connectivity index (χ0) is 14.4. The zero-order valence-corrected chi connectivity index (χ0v) is 11.4. The van der Waals surface area contributed by atoms with Crippen molar-refractivity contribution in [2.45, 2.75) is 18.9 Å². The van der Waals surface area contributed by atoms with Crippen LogP contribution in [0.5, 0.6) is 0 Å². The van der Waals surface area contributed by atoms with E-state index in [4.69, 9.17) is 5.73 Å². The van der Waals surface area contributed by atoms with Gasteiger partial charge in [-0.25, -0.2) is 4.98 Å². The third kappa shape index (κ3) is 1.83. The second kappa shape index (κ2) is 4.44. The number of nitrogens with two attached hydrogens (primary N) is 1. The molecule has 1 aliphatic heterocycles. The average molecular weight is 281 g/mol. The van der Waals surface area contributed by atoms with Crippen molar-refractivity contribution < 1.29 is 4.79 Å². The standard InChI is InChI=1S/C15H15N5O/c16-15-19-12-8-17-11-4-2-1-3-10(11)14(12)20(15)9-5-6-13(21)18-7-9/h1-4,8-9H,5-7H2,(H2,16,19)(H,18,21). The number of aromatic nitrogens is 3. The highest BCUT2D eigenvalue weighted by molar-refractivity contribution is 6.03. The summed E-state index contributed by atoms with van der Waals surface area (Å²) in [5.41, 5.74) is 8.84. The van der Waals surface area contributed by atoms with Crippen molar-refractivity contribution in [2.24, 2.45) is 0 Å². The summed E-state index contributed by atoms with van der Waals surface area (Å²) < 4.78 is 2.04. The topological polar surface area (TPSA) is 85.8 Å². The number of nitrogens with zero attached hydrogens (tertiary/aromatic N) is 3. The molecule has 0 bridgehead atoms. The van der Waals surface area contributed by atoms with Crippen LogP contribution < -0.4 is 11.1 Å². The Hall–Kier alpha value is -2.63. The number of hydrogen-bond acceptors (Lipinski definition) is 4. The number of carbonyl (C=O) groups is 1. The summed E-state index contributed by atoms with van der Waals surface area (Å²) in [6.07, 6.45) is 3.05. The van der Waals surface area contributed by atoms with Gasteiger partial charge in [-0.3, -0.25) is 9.78 Å². The quantitative estimate of drug-likeness (QED) is 0.709. The molecule has 1 aromatic carbocycles. The first-order valence-electron chi connectivity index (χ1n) is 7.02. The molecule has 106 valence electrons. The number of piperidine rings is 1. The maximum absolute atomic E-state index is 11.4. The van der Waals surface area contributed by atoms with Crippen molar-refractivity contribution in [2.75, 3.05) is 12.3 Å². The lowest BCUT2D eigenvalue weighted by Crippen LogP contribution is -2.36. The summed E-state index contributed by atoms with van der Waals surface area (Å²) in [5, 5.41) is 3.94. The van der Waals surface area contributed by atoms with Crippen molar-refractivity contribution in [3.8, 4) is 0 Å². The van der Waals surface area contributed by atoms with Gasteiger partial charge >= 0.3 is 0 Å². The molecule has 6 heteroatoms. The van der Waals surface area contributed by atoms with Crippen molar-refractivity contribution in [3.63, 3.8) is 0 Å². The smallest absolute Gasteiger partial charge is 0.220 e. The minimum atomic E-state index is 0.0979. The first-order chi connectivity index (χ1) is 10.2. The van der Waals surface area contributed by atoms with Crippen molar-refractivity contribution >= 4 is 33.8 Å². The van der Waals surface area contributed by atoms with Crippen LogP contribution in [0.25, 0.3) is 21.9 Å². The van der Waals surface area contributed by atoms with Crippen LogP contribution in [0.4, 0.5) is 5.95 Å². The van der Waals surface area contributed by atoms with Gasteiger partial charge in [0.25, 0.3) is 0 Å². The number of para-hydroxylation sites is 1. The summed E-state index contributed by atoms with van der Waals surface area (Å²) in [5.74, 6) is 0.574. The fourth-order valence-corrected chi connectivity index (χ4v) is 3.05. The molecular weight excluding hydrogens is 266 g/mol. The number of anilines is 1. The molecule has 6 nitrogen and oxygen atoms in total. The molecule has 1 atom stereocenters. The van der Waals surface area contributed by atoms with E-state index in [1.807, 2.05) is 28.8 Å². The van der Waals surface area contributed by atoms with Gasteiger partial charge in [0.05, 0.1) is 23.3 Å². The molecule has 4 rings (SSSR count). The summed E-state index contributed by atoms with van der Waals surface area (Å²) >= 11 is 0. The number of pyridine rings is 1. The van der Waals surface area contributed by atoms with Gasteiger partial charge in [0.15, 0.2) is 0 Å². The number of rotatable bonds is 1. The van der Waals surface area contributed by atoms with Crippen LogP contribution in [-0.4, -0.2) is 27.0 Å². The molecule has 1 saturated heterocycles. The zero-order valence-electron chi connectivity index (χ0n) is 11.4. The maximum Gasteiger partial charge on any atom is 0.220 e. The summed E-state index contributed by atoms with van der Waals surface area (Å²) in [7, 11) is 0. The van der Waals surface area contributed by atoms with Crippen LogP contribution in [0.1, 0.15) is 18.9 Å². The Balaban J connectivity index is 1.97. The SMILES string of the molecule is Nc1nc2cnc3ccccc3c2n1C1CCC(=O)NC1. The highest BCUT2D eigenvalue weighted by atomic mass is 16.1. The lowest BCUT2D eigenvalue weighted by atomic mass is 10.1. The molecule has 1 aliphatic rings. The van der Waals surface area contributed by atoms with Crippen LogP contribution in [-0.2, 0) is 4.79 Å². The van der Waals surface area contributed by atoms with Crippen LogP contribution in [0.2, 0.25) is 0 Å². The normalized spacial score (nSPS) is 19.0. The Kier molecular flexibility index (Phi) is 2.57. The number of benzene rings is 1. The predicted molar refractivity (Wildman–Crippen MR) is 80.7 cm³/mol. The third-order valence-electron chi connectivity index (χ3n) is 4.06. The van der Waals surface area contributed by atoms with E-state index in [0.717, 1.165) is 28.4 Å². The highest BCUT2D eigenvalue weighted by Gasteiger charge is 2.24. The molecule has 2 aromatic heterocycles. The van der Waals surface area contributed by atoms with Gasteiger partial charge in [-0.1, -0.05) is 18.2 Å². The summed E-state index contributed by atoms with van der Waals surface area (Å²) in [6.45, 7) is 0.588. The van der Waals surface area contributed by atoms with Gasteiger partial charge < -0.3 is 15.6 Å². The number of fused-ring (bicyclic) bond motifs is 3. The van der Waals surface area contributed by atoms with Crippen LogP contribution >= 0.6 is 0 Å². The van der Waals surface area contributed by atoms with E-state index in [1.54, 1.807) is 6.20 Å². The van der Waals surface area contributed by atoms with Crippen LogP contribution in [0.15, 0.2) is 30.5 Å². The van der Waals surface area contributed by atoms with E-state index in [0.29, 0.717) is 18.9 Å². The first-order valence-corrected chi connectivity index (χ1v) is 7.02. The lowest BCUT2D eigenvalue weighted by Gasteiger charge is -2.25. The molecule has 1 unspecified atom stereocenters. The molecule has 0 aliphatic carbocycles. The van der Waals surface area contributed by atoms with E-state index in [2.05, 4.69) is 15.3 Å². The largest absolute Gasteiger partial charge is 0.369 e. The Bertz CT molecular complexity index is 844. The second-order valence-electron chi connectivity index (χ2n) is 5.35. The van der Waals surface area contributed by atoms with Crippen molar-refractivity contribution in [1.29, 1.82) is 0 Å². The molecule has 1 fully saturated rings. The molecule has 0 saturated carbocycles. The molecule has 0 spiro atoms. The van der Waals surface area contributed by atoms with Crippen LogP contribution in [0, 0.1) is 0 Å². The van der Waals surface area contributed by atoms with Gasteiger partial charge in [-0.05, 0) is 12.5 Å². The van der Waals surface area contributed by atoms with Gasteiger partial charge in [0.1, 0.15) is 5.52 Å². The Labute approximate surface area is 121 Å². The number of carbonyl (C=O) groups excluding carboxylic acids is 1. The van der Waals surface area contributed by atoms with E-state index in [-0.39, 0.29) is 11.9 Å². The molecule has 3 N–H and O–H groups in total. The van der Waals surface area contributed by atoms with E-state index in [1.165, 1.54) is 0 Å². The van der Waals surface area contributed by atoms with E-state index >= 15 is 0 Å². The first kappa shape index (κ1) is 12.1. The van der Waals surface area contributed by atoms with Gasteiger partial charge in [-0.2, -0.15) is 0 Å². The number of amides is 1. The Morgan fingerprint density at radius 2 is 2.14 bits per heavy atom. The number of hydrogen-bond donors (Lipinski definition) is 2. The predicted octanol–water partition coefficient (Wildman–Crippen LogP) is 1.62. The fourth-order valence-electron chi connectivity index (χ4n) is 3.05. The molecular formula is C15H15N5O. The maximum atomic E-state index is 11.4. The number of nitrogens with one attached hydrogen (secondary N) is 1. The summed E-state index contributed by atoms with van der Waals surface area (Å²) in [4.78, 5) is 20.2. The van der Waals surface area contributed by atoms with Gasteiger partial charge in [-0.15, -0.1) is 0 Å². The summed E-state index contributed by atoms with van der Waals surface area (Å²) in [6, 6.07) is 8.10. The molecule has 3 aromatic rings. The third-order valence-corrected chi connectivity index (χ3v) is 4.06. The Morgan fingerprint density at radius 1 is 1.29 bits per heavy atom. The molecule has 3 heterocycles. The molecule has 1 amide bonds.